The molecule has 0 saturated carbocycles. The Balaban J connectivity index is 1.31. The topological polar surface area (TPSA) is 118 Å². The maximum atomic E-state index is 13.0. The Hall–Kier alpha value is -4.39. The number of carbonyl (C=O) groups is 1. The number of carbonyl (C=O) groups excluding carboxylic acids is 1. The number of aromatic nitrogens is 1. The molecule has 2 fully saturated rings. The first-order valence-electron chi connectivity index (χ1n) is 13.4. The van der Waals surface area contributed by atoms with Crippen LogP contribution in [0.15, 0.2) is 59.1 Å². The third-order valence-electron chi connectivity index (χ3n) is 7.45. The lowest BCUT2D eigenvalue weighted by atomic mass is 10.0. The largest absolute Gasteiger partial charge is 0.496 e. The molecule has 0 aliphatic carbocycles. The fourth-order valence-corrected chi connectivity index (χ4v) is 5.29. The van der Waals surface area contributed by atoms with Gasteiger partial charge in [0.05, 0.1) is 37.6 Å². The number of hydrogen-bond acceptors (Lipinski definition) is 8. The number of rotatable bonds is 6. The number of benzene rings is 2. The molecule has 1 atom stereocenters. The van der Waals surface area contributed by atoms with E-state index in [1.54, 1.807) is 23.2 Å². The molecule has 4 heterocycles. The fraction of sp³-hybridized carbons (Fsp3) is 0.323. The zero-order chi connectivity index (χ0) is 27.6. The standard InChI is InChI=1S/C31H29N3O6/c1-37-29-15-20(2-4-25(29)31(36)34-11-7-22(35)18-34)28-16-26-30(40-28)24(6-10-33-26)19-3-5-27(21(14-19)17-32)39-23-8-12-38-13-9-23/h2-6,10,14-16,22-23,35H,7-9,11-13,18H2,1H3/t22-/m1/s1. The monoisotopic (exact) mass is 539 g/mol. The smallest absolute Gasteiger partial charge is 0.257 e. The number of amides is 1. The average molecular weight is 540 g/mol. The summed E-state index contributed by atoms with van der Waals surface area (Å²) in [6.07, 6.45) is 3.42. The van der Waals surface area contributed by atoms with E-state index in [1.165, 1.54) is 7.11 Å². The van der Waals surface area contributed by atoms with Crippen LogP contribution >= 0.6 is 0 Å². The van der Waals surface area contributed by atoms with Gasteiger partial charge in [-0.15, -0.1) is 0 Å². The van der Waals surface area contributed by atoms with Crippen LogP contribution in [0.5, 0.6) is 11.5 Å². The Kier molecular flexibility index (Phi) is 7.11. The van der Waals surface area contributed by atoms with Gasteiger partial charge in [-0.25, -0.2) is 0 Å². The van der Waals surface area contributed by atoms with Gasteiger partial charge < -0.3 is 28.6 Å². The van der Waals surface area contributed by atoms with Gasteiger partial charge in [-0.2, -0.15) is 5.26 Å². The van der Waals surface area contributed by atoms with Crippen LogP contribution in [0.3, 0.4) is 0 Å². The number of pyridine rings is 1. The zero-order valence-corrected chi connectivity index (χ0v) is 22.1. The van der Waals surface area contributed by atoms with Crippen molar-refractivity contribution in [2.24, 2.45) is 0 Å². The van der Waals surface area contributed by atoms with Crippen LogP contribution in [0.2, 0.25) is 0 Å². The van der Waals surface area contributed by atoms with E-state index in [1.807, 2.05) is 36.4 Å². The van der Waals surface area contributed by atoms with Gasteiger partial charge >= 0.3 is 0 Å². The van der Waals surface area contributed by atoms with Gasteiger partial charge in [-0.3, -0.25) is 9.78 Å². The van der Waals surface area contributed by atoms with Crippen molar-refractivity contribution < 1.29 is 28.5 Å². The van der Waals surface area contributed by atoms with E-state index >= 15 is 0 Å². The molecule has 2 saturated heterocycles. The summed E-state index contributed by atoms with van der Waals surface area (Å²) in [5, 5.41) is 19.7. The van der Waals surface area contributed by atoms with Crippen LogP contribution in [-0.2, 0) is 4.74 Å². The predicted molar refractivity (Wildman–Crippen MR) is 147 cm³/mol. The van der Waals surface area contributed by atoms with Crippen molar-refractivity contribution in [3.63, 3.8) is 0 Å². The van der Waals surface area contributed by atoms with Crippen LogP contribution in [-0.4, -0.2) is 66.5 Å². The number of likely N-dealkylation sites (tertiary alicyclic amines) is 1. The number of furan rings is 1. The molecular weight excluding hydrogens is 510 g/mol. The number of fused-ring (bicyclic) bond motifs is 1. The first kappa shape index (κ1) is 25.9. The Morgan fingerprint density at radius 1 is 1.07 bits per heavy atom. The minimum absolute atomic E-state index is 0.0348. The number of aliphatic hydroxyl groups is 1. The quantitative estimate of drug-likeness (QED) is 0.371. The van der Waals surface area contributed by atoms with E-state index in [9.17, 15) is 15.2 Å². The van der Waals surface area contributed by atoms with Gasteiger partial charge in [0.1, 0.15) is 34.9 Å². The molecule has 0 bridgehead atoms. The Bertz CT molecular complexity index is 1600. The molecule has 9 heteroatoms. The molecule has 0 radical (unpaired) electrons. The molecule has 6 rings (SSSR count). The highest BCUT2D eigenvalue weighted by molar-refractivity contribution is 5.98. The highest BCUT2D eigenvalue weighted by Gasteiger charge is 2.27. The number of nitriles is 1. The number of nitrogens with zero attached hydrogens (tertiary/aromatic N) is 3. The summed E-state index contributed by atoms with van der Waals surface area (Å²) in [6, 6.07) is 16.8. The molecule has 204 valence electrons. The molecule has 2 aliphatic rings. The maximum absolute atomic E-state index is 13.0. The van der Waals surface area contributed by atoms with Crippen molar-refractivity contribution >= 4 is 17.0 Å². The lowest BCUT2D eigenvalue weighted by molar-refractivity contribution is 0.0254. The number of methoxy groups -OCH3 is 1. The van der Waals surface area contributed by atoms with Crippen LogP contribution in [0, 0.1) is 11.3 Å². The van der Waals surface area contributed by atoms with Crippen molar-refractivity contribution in [2.75, 3.05) is 33.4 Å². The molecule has 2 aliphatic heterocycles. The first-order valence-corrected chi connectivity index (χ1v) is 13.4. The molecule has 1 amide bonds. The first-order chi connectivity index (χ1) is 19.5. The molecule has 9 nitrogen and oxygen atoms in total. The Morgan fingerprint density at radius 3 is 2.65 bits per heavy atom. The van der Waals surface area contributed by atoms with Crippen molar-refractivity contribution in [1.82, 2.24) is 9.88 Å². The summed E-state index contributed by atoms with van der Waals surface area (Å²) >= 11 is 0. The van der Waals surface area contributed by atoms with Gasteiger partial charge in [-0.1, -0.05) is 12.1 Å². The lowest BCUT2D eigenvalue weighted by Crippen LogP contribution is -2.29. The summed E-state index contributed by atoms with van der Waals surface area (Å²) in [4.78, 5) is 19.1. The summed E-state index contributed by atoms with van der Waals surface area (Å²) in [7, 11) is 1.52. The van der Waals surface area contributed by atoms with E-state index in [0.29, 0.717) is 72.2 Å². The third-order valence-corrected chi connectivity index (χ3v) is 7.45. The van der Waals surface area contributed by atoms with Crippen LogP contribution in [0.25, 0.3) is 33.6 Å². The van der Waals surface area contributed by atoms with Crippen LogP contribution in [0.1, 0.15) is 35.2 Å². The minimum atomic E-state index is -0.494. The second-order valence-electron chi connectivity index (χ2n) is 10.0. The number of β-amino-alcohol motifs (C(OH)–C–C–N with tert-alkyl or cyclic N) is 1. The average Bonchev–Trinajstić information content (AvgIpc) is 3.63. The number of aliphatic hydroxyl groups excluding tert-OH is 1. The SMILES string of the molecule is COc1cc(-c2cc3nccc(-c4ccc(OC5CCOCC5)c(C#N)c4)c3o2)ccc1C(=O)N1CC[C@@H](O)C1. The summed E-state index contributed by atoms with van der Waals surface area (Å²) in [5.74, 6) is 1.39. The lowest BCUT2D eigenvalue weighted by Gasteiger charge is -2.23. The summed E-state index contributed by atoms with van der Waals surface area (Å²) < 4.78 is 23.4. The van der Waals surface area contributed by atoms with Gasteiger partial charge in [0.15, 0.2) is 5.58 Å². The Labute approximate surface area is 231 Å². The van der Waals surface area contributed by atoms with E-state index in [2.05, 4.69) is 11.1 Å². The third kappa shape index (κ3) is 4.99. The highest BCUT2D eigenvalue weighted by Crippen LogP contribution is 2.37. The van der Waals surface area contributed by atoms with E-state index in [4.69, 9.17) is 18.6 Å². The van der Waals surface area contributed by atoms with Gasteiger partial charge in [0.2, 0.25) is 0 Å². The predicted octanol–water partition coefficient (Wildman–Crippen LogP) is 4.81. The second-order valence-corrected chi connectivity index (χ2v) is 10.0. The Morgan fingerprint density at radius 2 is 1.90 bits per heavy atom. The van der Waals surface area contributed by atoms with Crippen molar-refractivity contribution in [3.05, 3.63) is 65.9 Å². The number of hydrogen-bond donors (Lipinski definition) is 1. The highest BCUT2D eigenvalue weighted by atomic mass is 16.5. The molecule has 40 heavy (non-hydrogen) atoms. The number of ether oxygens (including phenoxy) is 3. The second kappa shape index (κ2) is 11.0. The van der Waals surface area contributed by atoms with Crippen molar-refractivity contribution in [3.8, 4) is 40.0 Å². The van der Waals surface area contributed by atoms with Gasteiger partial charge in [-0.05, 0) is 42.3 Å². The van der Waals surface area contributed by atoms with Gasteiger partial charge in [0, 0.05) is 49.3 Å². The molecule has 2 aromatic heterocycles. The molecule has 2 aromatic carbocycles. The molecule has 0 spiro atoms. The fourth-order valence-electron chi connectivity index (χ4n) is 5.29. The normalized spacial score (nSPS) is 17.6. The summed E-state index contributed by atoms with van der Waals surface area (Å²) in [6.45, 7) is 2.15. The summed E-state index contributed by atoms with van der Waals surface area (Å²) in [5.41, 5.74) is 4.49. The zero-order valence-electron chi connectivity index (χ0n) is 22.1. The minimum Gasteiger partial charge on any atom is -0.496 e. The molecule has 4 aromatic rings. The van der Waals surface area contributed by atoms with Crippen molar-refractivity contribution in [1.29, 1.82) is 5.26 Å². The van der Waals surface area contributed by atoms with E-state index in [0.717, 1.165) is 29.5 Å². The molecular formula is C31H29N3O6. The van der Waals surface area contributed by atoms with Crippen LogP contribution < -0.4 is 9.47 Å². The van der Waals surface area contributed by atoms with Crippen LogP contribution in [0.4, 0.5) is 0 Å². The molecule has 1 N–H and O–H groups in total. The maximum Gasteiger partial charge on any atom is 0.257 e. The van der Waals surface area contributed by atoms with E-state index < -0.39 is 6.10 Å². The van der Waals surface area contributed by atoms with E-state index in [-0.39, 0.29) is 12.0 Å². The van der Waals surface area contributed by atoms with Gasteiger partial charge in [0.25, 0.3) is 5.91 Å². The van der Waals surface area contributed by atoms with Crippen molar-refractivity contribution in [2.45, 2.75) is 31.5 Å². The molecule has 0 unspecified atom stereocenters.